The molecule has 1 aliphatic rings. The molecule has 2 unspecified atom stereocenters. The molecule has 0 amide bonds. The molecule has 2 rings (SSSR count). The first-order chi connectivity index (χ1) is 8.46. The normalized spacial score (nSPS) is 25.5. The molecule has 0 radical (unpaired) electrons. The SMILES string of the molecule is CCC1CCC(C)N1S(=O)(=O)c1ccc(Cl)nc1. The molecule has 4 nitrogen and oxygen atoms in total. The molecule has 1 fully saturated rings. The lowest BCUT2D eigenvalue weighted by Gasteiger charge is -2.26. The van der Waals surface area contributed by atoms with Crippen LogP contribution in [0.4, 0.5) is 0 Å². The summed E-state index contributed by atoms with van der Waals surface area (Å²) in [6.07, 6.45) is 4.01. The number of hydrogen-bond acceptors (Lipinski definition) is 3. The van der Waals surface area contributed by atoms with Gasteiger partial charge in [0.2, 0.25) is 10.0 Å². The number of nitrogens with zero attached hydrogens (tertiary/aromatic N) is 2. The third-order valence-corrected chi connectivity index (χ3v) is 5.73. The van der Waals surface area contributed by atoms with Gasteiger partial charge in [-0.15, -0.1) is 0 Å². The van der Waals surface area contributed by atoms with Gasteiger partial charge in [-0.1, -0.05) is 18.5 Å². The zero-order valence-corrected chi connectivity index (χ0v) is 12.1. The highest BCUT2D eigenvalue weighted by Gasteiger charge is 2.39. The van der Waals surface area contributed by atoms with Gasteiger partial charge in [-0.2, -0.15) is 4.31 Å². The van der Waals surface area contributed by atoms with Crippen molar-refractivity contribution in [3.63, 3.8) is 0 Å². The summed E-state index contributed by atoms with van der Waals surface area (Å²) < 4.78 is 26.8. The molecule has 6 heteroatoms. The third kappa shape index (κ3) is 2.39. The van der Waals surface area contributed by atoms with E-state index < -0.39 is 10.0 Å². The van der Waals surface area contributed by atoms with Crippen molar-refractivity contribution in [1.29, 1.82) is 0 Å². The van der Waals surface area contributed by atoms with Crippen LogP contribution in [0.3, 0.4) is 0 Å². The van der Waals surface area contributed by atoms with Gasteiger partial charge in [0.25, 0.3) is 0 Å². The van der Waals surface area contributed by atoms with Crippen LogP contribution in [-0.2, 0) is 10.0 Å². The van der Waals surface area contributed by atoms with E-state index in [9.17, 15) is 8.42 Å². The molecule has 2 atom stereocenters. The van der Waals surface area contributed by atoms with E-state index in [1.54, 1.807) is 4.31 Å². The minimum absolute atomic E-state index is 0.0515. The van der Waals surface area contributed by atoms with E-state index in [1.807, 2.05) is 13.8 Å². The monoisotopic (exact) mass is 288 g/mol. The summed E-state index contributed by atoms with van der Waals surface area (Å²) in [6.45, 7) is 3.97. The predicted octanol–water partition coefficient (Wildman–Crippen LogP) is 2.69. The maximum atomic E-state index is 12.6. The highest BCUT2D eigenvalue weighted by molar-refractivity contribution is 7.89. The quantitative estimate of drug-likeness (QED) is 0.804. The topological polar surface area (TPSA) is 50.3 Å². The van der Waals surface area contributed by atoms with E-state index in [2.05, 4.69) is 4.98 Å². The first-order valence-electron chi connectivity index (χ1n) is 6.12. The third-order valence-electron chi connectivity index (χ3n) is 3.46. The summed E-state index contributed by atoms with van der Waals surface area (Å²) >= 11 is 5.69. The molecular weight excluding hydrogens is 272 g/mol. The van der Waals surface area contributed by atoms with Crippen LogP contribution >= 0.6 is 11.6 Å². The molecule has 18 heavy (non-hydrogen) atoms. The van der Waals surface area contributed by atoms with E-state index in [0.29, 0.717) is 5.15 Å². The van der Waals surface area contributed by atoms with Gasteiger partial charge < -0.3 is 0 Å². The van der Waals surface area contributed by atoms with Gasteiger partial charge in [-0.05, 0) is 38.3 Å². The summed E-state index contributed by atoms with van der Waals surface area (Å²) in [5.41, 5.74) is 0. The van der Waals surface area contributed by atoms with Gasteiger partial charge in [0.05, 0.1) is 0 Å². The molecule has 1 saturated heterocycles. The molecule has 0 aliphatic carbocycles. The summed E-state index contributed by atoms with van der Waals surface area (Å²) in [4.78, 5) is 4.07. The van der Waals surface area contributed by atoms with Crippen LogP contribution in [0.25, 0.3) is 0 Å². The molecular formula is C12H17ClN2O2S. The van der Waals surface area contributed by atoms with Crippen LogP contribution in [0.1, 0.15) is 33.1 Å². The highest BCUT2D eigenvalue weighted by atomic mass is 35.5. The largest absolute Gasteiger partial charge is 0.245 e. The molecule has 1 aromatic heterocycles. The molecule has 2 heterocycles. The van der Waals surface area contributed by atoms with Gasteiger partial charge >= 0.3 is 0 Å². The number of aromatic nitrogens is 1. The van der Waals surface area contributed by atoms with Crippen LogP contribution in [0.15, 0.2) is 23.2 Å². The van der Waals surface area contributed by atoms with Crippen molar-refractivity contribution in [3.05, 3.63) is 23.5 Å². The van der Waals surface area contributed by atoms with Crippen molar-refractivity contribution >= 4 is 21.6 Å². The molecule has 0 saturated carbocycles. The smallest absolute Gasteiger partial charge is 0.243 e. The van der Waals surface area contributed by atoms with E-state index in [-0.39, 0.29) is 17.0 Å². The van der Waals surface area contributed by atoms with Crippen LogP contribution in [0, 0.1) is 0 Å². The number of hydrogen-bond donors (Lipinski definition) is 0. The summed E-state index contributed by atoms with van der Waals surface area (Å²) in [5, 5.41) is 0.301. The van der Waals surface area contributed by atoms with Gasteiger partial charge in [-0.25, -0.2) is 13.4 Å². The van der Waals surface area contributed by atoms with Crippen molar-refractivity contribution in [2.45, 2.75) is 50.1 Å². The second kappa shape index (κ2) is 5.15. The Bertz CT molecular complexity index is 515. The molecule has 1 aromatic rings. The Labute approximate surface area is 113 Å². The Hall–Kier alpha value is -0.650. The zero-order chi connectivity index (χ0) is 13.3. The fraction of sp³-hybridized carbons (Fsp3) is 0.583. The Balaban J connectivity index is 2.38. The lowest BCUT2D eigenvalue weighted by atomic mass is 10.2. The fourth-order valence-corrected chi connectivity index (χ4v) is 4.51. The van der Waals surface area contributed by atoms with Crippen molar-refractivity contribution in [2.24, 2.45) is 0 Å². The Morgan fingerprint density at radius 1 is 1.44 bits per heavy atom. The molecule has 1 aliphatic heterocycles. The average molecular weight is 289 g/mol. The molecule has 0 spiro atoms. The maximum absolute atomic E-state index is 12.6. The molecule has 0 N–H and O–H groups in total. The predicted molar refractivity (Wildman–Crippen MR) is 71.0 cm³/mol. The number of sulfonamides is 1. The van der Waals surface area contributed by atoms with Crippen LogP contribution < -0.4 is 0 Å². The number of pyridine rings is 1. The number of rotatable bonds is 3. The van der Waals surface area contributed by atoms with E-state index in [4.69, 9.17) is 11.6 Å². The van der Waals surface area contributed by atoms with E-state index >= 15 is 0 Å². The van der Waals surface area contributed by atoms with Gasteiger partial charge in [-0.3, -0.25) is 0 Å². The summed E-state index contributed by atoms with van der Waals surface area (Å²) in [7, 11) is -3.45. The van der Waals surface area contributed by atoms with Crippen molar-refractivity contribution in [3.8, 4) is 0 Å². The first-order valence-corrected chi connectivity index (χ1v) is 7.93. The highest BCUT2D eigenvalue weighted by Crippen LogP contribution is 2.32. The maximum Gasteiger partial charge on any atom is 0.245 e. The lowest BCUT2D eigenvalue weighted by molar-refractivity contribution is 0.328. The first kappa shape index (κ1) is 13.8. The fourth-order valence-electron chi connectivity index (χ4n) is 2.50. The minimum atomic E-state index is -3.45. The average Bonchev–Trinajstić information content (AvgIpc) is 2.71. The summed E-state index contributed by atoms with van der Waals surface area (Å²) in [5.74, 6) is 0. The van der Waals surface area contributed by atoms with E-state index in [1.165, 1.54) is 18.3 Å². The lowest BCUT2D eigenvalue weighted by Crippen LogP contribution is -2.39. The van der Waals surface area contributed by atoms with Crippen LogP contribution in [0.2, 0.25) is 5.15 Å². The van der Waals surface area contributed by atoms with E-state index in [0.717, 1.165) is 19.3 Å². The Morgan fingerprint density at radius 2 is 2.17 bits per heavy atom. The standard InChI is InChI=1S/C12H17ClN2O2S/c1-3-10-5-4-9(2)15(10)18(16,17)11-6-7-12(13)14-8-11/h6-10H,3-5H2,1-2H3. The Kier molecular flexibility index (Phi) is 3.94. The van der Waals surface area contributed by atoms with Crippen molar-refractivity contribution in [2.75, 3.05) is 0 Å². The summed E-state index contributed by atoms with van der Waals surface area (Å²) in [6, 6.07) is 3.18. The van der Waals surface area contributed by atoms with Gasteiger partial charge in [0.1, 0.15) is 10.0 Å². The molecule has 0 bridgehead atoms. The van der Waals surface area contributed by atoms with Gasteiger partial charge in [0, 0.05) is 18.3 Å². The number of halogens is 1. The second-order valence-electron chi connectivity index (χ2n) is 4.64. The Morgan fingerprint density at radius 3 is 2.72 bits per heavy atom. The minimum Gasteiger partial charge on any atom is -0.243 e. The van der Waals surface area contributed by atoms with Crippen LogP contribution in [-0.4, -0.2) is 29.8 Å². The second-order valence-corrected chi connectivity index (χ2v) is 6.87. The van der Waals surface area contributed by atoms with Crippen LogP contribution in [0.5, 0.6) is 0 Å². The molecule has 100 valence electrons. The van der Waals surface area contributed by atoms with Gasteiger partial charge in [0.15, 0.2) is 0 Å². The zero-order valence-electron chi connectivity index (χ0n) is 10.5. The van der Waals surface area contributed by atoms with Crippen molar-refractivity contribution in [1.82, 2.24) is 9.29 Å². The van der Waals surface area contributed by atoms with Crippen molar-refractivity contribution < 1.29 is 8.42 Å². The molecule has 0 aromatic carbocycles.